The molecule has 0 N–H and O–H groups in total. The Bertz CT molecular complexity index is 909. The van der Waals surface area contributed by atoms with Crippen LogP contribution in [-0.4, -0.2) is 16.0 Å². The monoisotopic (exact) mass is 347 g/mol. The molecule has 1 aromatic heterocycles. The Hall–Kier alpha value is -2.96. The molecule has 0 unspecified atom stereocenters. The van der Waals surface area contributed by atoms with E-state index in [1.807, 2.05) is 0 Å². The van der Waals surface area contributed by atoms with Crippen molar-refractivity contribution in [3.63, 3.8) is 0 Å². The van der Waals surface area contributed by atoms with Crippen LogP contribution in [-0.2, 0) is 13.2 Å². The number of halogens is 4. The van der Waals surface area contributed by atoms with E-state index < -0.39 is 17.6 Å². The first-order valence-electron chi connectivity index (χ1n) is 7.35. The molecule has 0 radical (unpaired) electrons. The SMILES string of the molecule is Cn1nc(-c2ccc(C(F)(F)F)cc2)cc1N=Cc1ccccc1F. The van der Waals surface area contributed by atoms with Crippen molar-refractivity contribution in [3.05, 3.63) is 71.5 Å². The quantitative estimate of drug-likeness (QED) is 0.485. The summed E-state index contributed by atoms with van der Waals surface area (Å²) in [6.45, 7) is 0. The van der Waals surface area contributed by atoms with Crippen LogP contribution in [0.2, 0.25) is 0 Å². The van der Waals surface area contributed by atoms with E-state index in [0.29, 0.717) is 22.6 Å². The molecule has 1 heterocycles. The van der Waals surface area contributed by atoms with Crippen LogP contribution in [0.4, 0.5) is 23.4 Å². The highest BCUT2D eigenvalue weighted by Gasteiger charge is 2.30. The number of rotatable bonds is 3. The van der Waals surface area contributed by atoms with E-state index in [1.165, 1.54) is 29.1 Å². The van der Waals surface area contributed by atoms with Gasteiger partial charge in [-0.1, -0.05) is 30.3 Å². The Balaban J connectivity index is 1.86. The first-order valence-corrected chi connectivity index (χ1v) is 7.35. The van der Waals surface area contributed by atoms with E-state index in [1.54, 1.807) is 31.3 Å². The van der Waals surface area contributed by atoms with E-state index in [9.17, 15) is 17.6 Å². The normalized spacial score (nSPS) is 12.0. The molecular weight excluding hydrogens is 334 g/mol. The fraction of sp³-hybridized carbons (Fsp3) is 0.111. The summed E-state index contributed by atoms with van der Waals surface area (Å²) in [5.41, 5.74) is 0.637. The molecule has 0 aliphatic carbocycles. The number of aryl methyl sites for hydroxylation is 1. The fourth-order valence-corrected chi connectivity index (χ4v) is 2.26. The summed E-state index contributed by atoms with van der Waals surface area (Å²) in [5, 5.41) is 4.24. The highest BCUT2D eigenvalue weighted by atomic mass is 19.4. The maximum Gasteiger partial charge on any atom is 0.416 e. The lowest BCUT2D eigenvalue weighted by Crippen LogP contribution is -2.04. The lowest BCUT2D eigenvalue weighted by Gasteiger charge is -2.06. The van der Waals surface area contributed by atoms with Gasteiger partial charge in [0.05, 0.1) is 11.3 Å². The highest BCUT2D eigenvalue weighted by Crippen LogP contribution is 2.31. The number of alkyl halides is 3. The molecule has 0 saturated heterocycles. The molecule has 3 rings (SSSR count). The average Bonchev–Trinajstić information content (AvgIpc) is 2.94. The molecule has 3 aromatic rings. The van der Waals surface area contributed by atoms with Gasteiger partial charge in [0.25, 0.3) is 0 Å². The maximum atomic E-state index is 13.6. The summed E-state index contributed by atoms with van der Waals surface area (Å²) in [4.78, 5) is 4.20. The Labute approximate surface area is 141 Å². The van der Waals surface area contributed by atoms with E-state index in [0.717, 1.165) is 12.1 Å². The van der Waals surface area contributed by atoms with Gasteiger partial charge >= 0.3 is 6.18 Å². The summed E-state index contributed by atoms with van der Waals surface area (Å²) >= 11 is 0. The van der Waals surface area contributed by atoms with Gasteiger partial charge in [0.15, 0.2) is 5.82 Å². The molecule has 128 valence electrons. The number of hydrogen-bond acceptors (Lipinski definition) is 2. The van der Waals surface area contributed by atoms with Gasteiger partial charge in [-0.2, -0.15) is 18.3 Å². The third-order valence-electron chi connectivity index (χ3n) is 3.60. The van der Waals surface area contributed by atoms with Crippen molar-refractivity contribution in [1.82, 2.24) is 9.78 Å². The molecule has 0 amide bonds. The number of hydrogen-bond donors (Lipinski definition) is 0. The van der Waals surface area contributed by atoms with E-state index in [4.69, 9.17) is 0 Å². The van der Waals surface area contributed by atoms with E-state index >= 15 is 0 Å². The van der Waals surface area contributed by atoms with E-state index in [-0.39, 0.29) is 0 Å². The van der Waals surface area contributed by atoms with Gasteiger partial charge in [-0.15, -0.1) is 0 Å². The zero-order chi connectivity index (χ0) is 18.0. The summed E-state index contributed by atoms with van der Waals surface area (Å²) in [5.74, 6) is 0.0644. The first kappa shape index (κ1) is 16.9. The summed E-state index contributed by atoms with van der Waals surface area (Å²) in [6, 6.07) is 12.6. The molecular formula is C18H13F4N3. The van der Waals surface area contributed by atoms with Gasteiger partial charge in [0.1, 0.15) is 5.82 Å². The lowest BCUT2D eigenvalue weighted by atomic mass is 10.1. The van der Waals surface area contributed by atoms with Crippen molar-refractivity contribution >= 4 is 12.0 Å². The van der Waals surface area contributed by atoms with Gasteiger partial charge in [-0.25, -0.2) is 9.38 Å². The molecule has 2 aromatic carbocycles. The number of aromatic nitrogens is 2. The van der Waals surface area contributed by atoms with Crippen LogP contribution < -0.4 is 0 Å². The van der Waals surface area contributed by atoms with Crippen molar-refractivity contribution in [2.45, 2.75) is 6.18 Å². The first-order chi connectivity index (χ1) is 11.8. The van der Waals surface area contributed by atoms with Crippen LogP contribution in [0.1, 0.15) is 11.1 Å². The molecule has 3 nitrogen and oxygen atoms in total. The third-order valence-corrected chi connectivity index (χ3v) is 3.60. The smallest absolute Gasteiger partial charge is 0.250 e. The summed E-state index contributed by atoms with van der Waals surface area (Å²) < 4.78 is 52.9. The number of nitrogens with zero attached hydrogens (tertiary/aromatic N) is 3. The predicted octanol–water partition coefficient (Wildman–Crippen LogP) is 5.00. The molecule has 0 saturated carbocycles. The van der Waals surface area contributed by atoms with Crippen LogP contribution in [0.15, 0.2) is 59.6 Å². The molecule has 0 fully saturated rings. The summed E-state index contributed by atoms with van der Waals surface area (Å²) in [7, 11) is 1.65. The van der Waals surface area contributed by atoms with Crippen LogP contribution in [0, 0.1) is 5.82 Å². The van der Waals surface area contributed by atoms with Crippen LogP contribution in [0.5, 0.6) is 0 Å². The van der Waals surface area contributed by atoms with Crippen molar-refractivity contribution in [3.8, 4) is 11.3 Å². The fourth-order valence-electron chi connectivity index (χ4n) is 2.26. The molecule has 0 aliphatic rings. The highest BCUT2D eigenvalue weighted by molar-refractivity contribution is 5.82. The van der Waals surface area contributed by atoms with E-state index in [2.05, 4.69) is 10.1 Å². The minimum absolute atomic E-state index is 0.333. The number of benzene rings is 2. The van der Waals surface area contributed by atoms with Gasteiger partial charge in [-0.3, -0.25) is 4.68 Å². The standard InChI is InChI=1S/C18H13F4N3/c1-25-17(23-11-13-4-2-3-5-15(13)19)10-16(24-25)12-6-8-14(9-7-12)18(20,21)22/h2-11H,1H3. The van der Waals surface area contributed by atoms with Gasteiger partial charge in [0.2, 0.25) is 0 Å². The second-order valence-electron chi connectivity index (χ2n) is 5.37. The minimum atomic E-state index is -4.38. The van der Waals surface area contributed by atoms with Gasteiger partial charge < -0.3 is 0 Å². The van der Waals surface area contributed by atoms with Crippen molar-refractivity contribution in [1.29, 1.82) is 0 Å². The molecule has 0 aliphatic heterocycles. The molecule has 7 heteroatoms. The Morgan fingerprint density at radius 3 is 2.36 bits per heavy atom. The summed E-state index contributed by atoms with van der Waals surface area (Å²) in [6.07, 6.45) is -3.00. The maximum absolute atomic E-state index is 13.6. The zero-order valence-electron chi connectivity index (χ0n) is 13.1. The van der Waals surface area contributed by atoms with Gasteiger partial charge in [0, 0.05) is 30.5 Å². The Morgan fingerprint density at radius 1 is 1.04 bits per heavy atom. The second-order valence-corrected chi connectivity index (χ2v) is 5.37. The third kappa shape index (κ3) is 3.76. The topological polar surface area (TPSA) is 30.2 Å². The minimum Gasteiger partial charge on any atom is -0.250 e. The molecule has 0 spiro atoms. The predicted molar refractivity (Wildman–Crippen MR) is 87.3 cm³/mol. The van der Waals surface area contributed by atoms with Crippen molar-refractivity contribution in [2.24, 2.45) is 12.0 Å². The molecule has 25 heavy (non-hydrogen) atoms. The van der Waals surface area contributed by atoms with Gasteiger partial charge in [-0.05, 0) is 18.2 Å². The molecule has 0 atom stereocenters. The zero-order valence-corrected chi connectivity index (χ0v) is 13.1. The largest absolute Gasteiger partial charge is 0.416 e. The van der Waals surface area contributed by atoms with Crippen molar-refractivity contribution in [2.75, 3.05) is 0 Å². The van der Waals surface area contributed by atoms with Crippen molar-refractivity contribution < 1.29 is 17.6 Å². The average molecular weight is 347 g/mol. The number of aliphatic imine (C=N–C) groups is 1. The van der Waals surface area contributed by atoms with Crippen LogP contribution in [0.25, 0.3) is 11.3 Å². The Kier molecular flexibility index (Phi) is 4.39. The van der Waals surface area contributed by atoms with Crippen LogP contribution in [0.3, 0.4) is 0 Å². The Morgan fingerprint density at radius 2 is 1.72 bits per heavy atom. The lowest BCUT2D eigenvalue weighted by molar-refractivity contribution is -0.137. The second kappa shape index (κ2) is 6.51. The van der Waals surface area contributed by atoms with Crippen LogP contribution >= 0.6 is 0 Å². The molecule has 0 bridgehead atoms.